The number of hydrogen-bond acceptors (Lipinski definition) is 7. The first-order valence-corrected chi connectivity index (χ1v) is 9.36. The van der Waals surface area contributed by atoms with Crippen LogP contribution in [0.2, 0.25) is 5.02 Å². The van der Waals surface area contributed by atoms with Crippen molar-refractivity contribution in [1.29, 1.82) is 0 Å². The standard InChI is InChI=1S/C14H13ClN4O3S2/c1-19(8-2-5-13(20)11(15)6-8)17-14-10-7-9(24(16,21)22)3-4-12(10)18-23-14/h2-7,17,20H,1H3,(H2,16,21,22). The van der Waals surface area contributed by atoms with Crippen molar-refractivity contribution < 1.29 is 13.5 Å². The first-order chi connectivity index (χ1) is 11.3. The van der Waals surface area contributed by atoms with Crippen molar-refractivity contribution in [2.24, 2.45) is 5.14 Å². The quantitative estimate of drug-likeness (QED) is 0.597. The summed E-state index contributed by atoms with van der Waals surface area (Å²) in [6.07, 6.45) is 0. The monoisotopic (exact) mass is 384 g/mol. The molecule has 7 nitrogen and oxygen atoms in total. The lowest BCUT2D eigenvalue weighted by Crippen LogP contribution is -2.24. The van der Waals surface area contributed by atoms with Gasteiger partial charge in [-0.2, -0.15) is 4.37 Å². The number of aromatic nitrogens is 1. The number of phenols is 1. The predicted molar refractivity (Wildman–Crippen MR) is 96.1 cm³/mol. The van der Waals surface area contributed by atoms with E-state index < -0.39 is 10.0 Å². The molecule has 10 heteroatoms. The molecule has 0 amide bonds. The van der Waals surface area contributed by atoms with Crippen LogP contribution in [0.5, 0.6) is 5.75 Å². The first-order valence-electron chi connectivity index (χ1n) is 6.67. The normalized spacial score (nSPS) is 11.6. The summed E-state index contributed by atoms with van der Waals surface area (Å²) in [5, 5.41) is 17.9. The molecule has 0 radical (unpaired) electrons. The van der Waals surface area contributed by atoms with E-state index in [0.717, 1.165) is 0 Å². The van der Waals surface area contributed by atoms with Crippen LogP contribution >= 0.6 is 23.1 Å². The van der Waals surface area contributed by atoms with E-state index in [2.05, 4.69) is 9.80 Å². The highest BCUT2D eigenvalue weighted by molar-refractivity contribution is 7.89. The lowest BCUT2D eigenvalue weighted by atomic mass is 10.2. The van der Waals surface area contributed by atoms with Gasteiger partial charge >= 0.3 is 0 Å². The Bertz CT molecular complexity index is 1020. The van der Waals surface area contributed by atoms with Gasteiger partial charge in [-0.05, 0) is 47.9 Å². The molecule has 126 valence electrons. The van der Waals surface area contributed by atoms with Crippen LogP contribution in [-0.4, -0.2) is 24.9 Å². The molecule has 0 unspecified atom stereocenters. The minimum Gasteiger partial charge on any atom is -0.506 e. The number of halogens is 1. The maximum atomic E-state index is 11.5. The number of hydrazine groups is 1. The zero-order valence-electron chi connectivity index (χ0n) is 12.4. The highest BCUT2D eigenvalue weighted by Gasteiger charge is 2.14. The van der Waals surface area contributed by atoms with E-state index in [9.17, 15) is 13.5 Å². The van der Waals surface area contributed by atoms with Gasteiger partial charge in [0.1, 0.15) is 10.8 Å². The van der Waals surface area contributed by atoms with Gasteiger partial charge in [-0.25, -0.2) is 13.6 Å². The fraction of sp³-hybridized carbons (Fsp3) is 0.0714. The zero-order chi connectivity index (χ0) is 17.5. The van der Waals surface area contributed by atoms with Gasteiger partial charge in [-0.15, -0.1) is 0 Å². The second kappa shape index (κ2) is 6.10. The number of fused-ring (bicyclic) bond motifs is 1. The van der Waals surface area contributed by atoms with Crippen molar-refractivity contribution >= 4 is 54.7 Å². The summed E-state index contributed by atoms with van der Waals surface area (Å²) in [4.78, 5) is 0.0218. The van der Waals surface area contributed by atoms with E-state index in [1.165, 1.54) is 29.7 Å². The van der Waals surface area contributed by atoms with Gasteiger partial charge in [0.05, 0.1) is 21.1 Å². The molecule has 1 heterocycles. The smallest absolute Gasteiger partial charge is 0.238 e. The molecule has 0 saturated heterocycles. The molecule has 3 aromatic rings. The molecule has 0 aliphatic heterocycles. The Morgan fingerprint density at radius 3 is 2.71 bits per heavy atom. The Morgan fingerprint density at radius 1 is 1.29 bits per heavy atom. The van der Waals surface area contributed by atoms with E-state index >= 15 is 0 Å². The Kier molecular flexibility index (Phi) is 4.26. The van der Waals surface area contributed by atoms with Crippen LogP contribution < -0.4 is 15.6 Å². The molecule has 0 spiro atoms. The third-order valence-corrected chi connectivity index (χ3v) is 5.36. The van der Waals surface area contributed by atoms with Crippen molar-refractivity contribution in [3.05, 3.63) is 41.4 Å². The van der Waals surface area contributed by atoms with Crippen LogP contribution in [0.4, 0.5) is 10.7 Å². The molecular weight excluding hydrogens is 372 g/mol. The Labute approximate surface area is 147 Å². The van der Waals surface area contributed by atoms with Gasteiger partial charge in [0.2, 0.25) is 10.0 Å². The molecule has 0 aliphatic carbocycles. The molecule has 0 aliphatic rings. The van der Waals surface area contributed by atoms with Gasteiger partial charge in [0.25, 0.3) is 0 Å². The van der Waals surface area contributed by atoms with E-state index in [1.807, 2.05) is 0 Å². The maximum absolute atomic E-state index is 11.5. The minimum absolute atomic E-state index is 0.00477. The van der Waals surface area contributed by atoms with Crippen molar-refractivity contribution in [2.45, 2.75) is 4.90 Å². The molecule has 3 rings (SSSR count). The van der Waals surface area contributed by atoms with E-state index in [1.54, 1.807) is 30.3 Å². The number of phenolic OH excluding ortho intramolecular Hbond substituents is 1. The summed E-state index contributed by atoms with van der Waals surface area (Å²) in [5.74, 6) is -0.00477. The van der Waals surface area contributed by atoms with Crippen LogP contribution in [0, 0.1) is 0 Å². The Hall–Kier alpha value is -2.07. The number of primary sulfonamides is 1. The highest BCUT2D eigenvalue weighted by Crippen LogP contribution is 2.32. The number of aromatic hydroxyl groups is 1. The van der Waals surface area contributed by atoms with Crippen molar-refractivity contribution in [2.75, 3.05) is 17.5 Å². The van der Waals surface area contributed by atoms with Crippen LogP contribution in [0.25, 0.3) is 10.9 Å². The van der Waals surface area contributed by atoms with Gasteiger partial charge in [0, 0.05) is 12.4 Å². The van der Waals surface area contributed by atoms with Crippen LogP contribution in [0.3, 0.4) is 0 Å². The summed E-state index contributed by atoms with van der Waals surface area (Å²) < 4.78 is 27.3. The average molecular weight is 385 g/mol. The third-order valence-electron chi connectivity index (χ3n) is 3.36. The van der Waals surface area contributed by atoms with Crippen molar-refractivity contribution in [3.8, 4) is 5.75 Å². The molecule has 2 aromatic carbocycles. The van der Waals surface area contributed by atoms with E-state index in [-0.39, 0.29) is 15.7 Å². The number of anilines is 2. The topological polar surface area (TPSA) is 109 Å². The summed E-state index contributed by atoms with van der Waals surface area (Å²) in [6.45, 7) is 0. The Morgan fingerprint density at radius 2 is 2.04 bits per heavy atom. The summed E-state index contributed by atoms with van der Waals surface area (Å²) in [5.41, 5.74) is 4.49. The Balaban J connectivity index is 1.96. The second-order valence-corrected chi connectivity index (χ2v) is 7.78. The van der Waals surface area contributed by atoms with Crippen molar-refractivity contribution in [3.63, 3.8) is 0 Å². The van der Waals surface area contributed by atoms with E-state index in [4.69, 9.17) is 16.7 Å². The largest absolute Gasteiger partial charge is 0.506 e. The maximum Gasteiger partial charge on any atom is 0.238 e. The lowest BCUT2D eigenvalue weighted by Gasteiger charge is -2.21. The SMILES string of the molecule is CN(Nc1snc2ccc(S(N)(=O)=O)cc12)c1ccc(O)c(Cl)c1. The number of hydrogen-bond donors (Lipinski definition) is 3. The number of rotatable bonds is 4. The van der Waals surface area contributed by atoms with Crippen LogP contribution in [0.15, 0.2) is 41.3 Å². The van der Waals surface area contributed by atoms with Gasteiger partial charge in [-0.3, -0.25) is 10.4 Å². The summed E-state index contributed by atoms with van der Waals surface area (Å²) in [6, 6.07) is 9.28. The number of benzene rings is 2. The zero-order valence-corrected chi connectivity index (χ0v) is 14.8. The van der Waals surface area contributed by atoms with E-state index in [0.29, 0.717) is 21.6 Å². The van der Waals surface area contributed by atoms with Gasteiger partial charge < -0.3 is 5.11 Å². The molecule has 0 saturated carbocycles. The van der Waals surface area contributed by atoms with Gasteiger partial charge in [0.15, 0.2) is 0 Å². The third kappa shape index (κ3) is 3.24. The molecule has 0 atom stereocenters. The average Bonchev–Trinajstić information content (AvgIpc) is 2.91. The number of sulfonamides is 1. The fourth-order valence-electron chi connectivity index (χ4n) is 2.10. The van der Waals surface area contributed by atoms with Crippen molar-refractivity contribution in [1.82, 2.24) is 4.37 Å². The summed E-state index contributed by atoms with van der Waals surface area (Å²) in [7, 11) is -2.03. The molecule has 4 N–H and O–H groups in total. The summed E-state index contributed by atoms with van der Waals surface area (Å²) >= 11 is 7.10. The number of nitrogens with two attached hydrogens (primary N) is 1. The molecule has 0 fully saturated rings. The molecular formula is C14H13ClN4O3S2. The lowest BCUT2D eigenvalue weighted by molar-refractivity contribution is 0.475. The number of nitrogens with zero attached hydrogens (tertiary/aromatic N) is 2. The fourth-order valence-corrected chi connectivity index (χ4v) is 3.60. The number of nitrogens with one attached hydrogen (secondary N) is 1. The van der Waals surface area contributed by atoms with Crippen LogP contribution in [-0.2, 0) is 10.0 Å². The molecule has 1 aromatic heterocycles. The minimum atomic E-state index is -3.79. The molecule has 0 bridgehead atoms. The van der Waals surface area contributed by atoms with Gasteiger partial charge in [-0.1, -0.05) is 11.6 Å². The van der Waals surface area contributed by atoms with Crippen LogP contribution in [0.1, 0.15) is 0 Å². The highest BCUT2D eigenvalue weighted by atomic mass is 35.5. The second-order valence-electron chi connectivity index (χ2n) is 5.04. The first kappa shape index (κ1) is 16.8. The molecule has 24 heavy (non-hydrogen) atoms. The predicted octanol–water partition coefficient (Wildman–Crippen LogP) is 2.77.